The monoisotopic (exact) mass is 276 g/mol. The minimum Gasteiger partial charge on any atom is -0.381 e. The molecule has 0 saturated heterocycles. The number of para-hydroxylation sites is 1. The third-order valence-electron chi connectivity index (χ3n) is 3.78. The van der Waals surface area contributed by atoms with Gasteiger partial charge in [-0.25, -0.2) is 0 Å². The van der Waals surface area contributed by atoms with Crippen LogP contribution in [0.5, 0.6) is 0 Å². The molecule has 1 N–H and O–H groups in total. The molecule has 3 rings (SSSR count). The van der Waals surface area contributed by atoms with Gasteiger partial charge in [0.1, 0.15) is 0 Å². The molecule has 2 heteroatoms. The van der Waals surface area contributed by atoms with Crippen molar-refractivity contribution in [2.24, 2.45) is 0 Å². The summed E-state index contributed by atoms with van der Waals surface area (Å²) < 4.78 is 0. The van der Waals surface area contributed by atoms with Crippen molar-refractivity contribution in [3.05, 3.63) is 72.4 Å². The van der Waals surface area contributed by atoms with Crippen LogP contribution in [-0.2, 0) is 6.42 Å². The summed E-state index contributed by atoms with van der Waals surface area (Å²) in [6.45, 7) is 2.22. The number of nitrogens with zero attached hydrogens (tertiary/aromatic N) is 1. The first-order valence-electron chi connectivity index (χ1n) is 7.50. The zero-order valence-electron chi connectivity index (χ0n) is 12.3. The van der Waals surface area contributed by atoms with Gasteiger partial charge in [-0.2, -0.15) is 0 Å². The van der Waals surface area contributed by atoms with E-state index in [-0.39, 0.29) is 0 Å². The van der Waals surface area contributed by atoms with Crippen LogP contribution in [-0.4, -0.2) is 11.0 Å². The number of benzene rings is 2. The van der Waals surface area contributed by atoms with Crippen LogP contribution < -0.4 is 5.32 Å². The lowest BCUT2D eigenvalue weighted by molar-refractivity contribution is 0.690. The van der Waals surface area contributed by atoms with Gasteiger partial charge in [-0.3, -0.25) is 4.98 Å². The molecule has 106 valence electrons. The van der Waals surface area contributed by atoms with Crippen LogP contribution in [0.2, 0.25) is 0 Å². The van der Waals surface area contributed by atoms with Crippen LogP contribution in [0.1, 0.15) is 18.9 Å². The van der Waals surface area contributed by atoms with Crippen molar-refractivity contribution >= 4 is 16.6 Å². The molecule has 0 aliphatic rings. The highest BCUT2D eigenvalue weighted by Gasteiger charge is 2.08. The van der Waals surface area contributed by atoms with E-state index < -0.39 is 0 Å². The van der Waals surface area contributed by atoms with Crippen LogP contribution in [0.15, 0.2) is 66.9 Å². The van der Waals surface area contributed by atoms with Gasteiger partial charge in [0.15, 0.2) is 0 Å². The highest BCUT2D eigenvalue weighted by molar-refractivity contribution is 5.81. The normalized spacial score (nSPS) is 12.2. The van der Waals surface area contributed by atoms with Crippen molar-refractivity contribution in [1.82, 2.24) is 4.98 Å². The number of anilines is 1. The SMILES string of the molecule is CCC(Cc1ccccc1)Nc1cnc2ccccc2c1. The third-order valence-corrected chi connectivity index (χ3v) is 3.78. The topological polar surface area (TPSA) is 24.9 Å². The molecule has 1 aromatic heterocycles. The summed E-state index contributed by atoms with van der Waals surface area (Å²) in [4.78, 5) is 4.51. The van der Waals surface area contributed by atoms with E-state index >= 15 is 0 Å². The first-order chi connectivity index (χ1) is 10.3. The molecule has 1 unspecified atom stereocenters. The summed E-state index contributed by atoms with van der Waals surface area (Å²) in [5, 5.41) is 4.78. The number of hydrogen-bond acceptors (Lipinski definition) is 2. The molecule has 0 saturated carbocycles. The molecule has 0 fully saturated rings. The highest BCUT2D eigenvalue weighted by atomic mass is 14.9. The minimum atomic E-state index is 0.426. The lowest BCUT2D eigenvalue weighted by atomic mass is 10.0. The summed E-state index contributed by atoms with van der Waals surface area (Å²) in [6.07, 6.45) is 4.04. The average molecular weight is 276 g/mol. The maximum absolute atomic E-state index is 4.51. The molecule has 0 radical (unpaired) electrons. The Morgan fingerprint density at radius 2 is 1.76 bits per heavy atom. The molecular weight excluding hydrogens is 256 g/mol. The number of hydrogen-bond donors (Lipinski definition) is 1. The first-order valence-corrected chi connectivity index (χ1v) is 7.50. The van der Waals surface area contributed by atoms with Crippen LogP contribution in [0.25, 0.3) is 10.9 Å². The fourth-order valence-corrected chi connectivity index (χ4v) is 2.58. The molecule has 0 aliphatic carbocycles. The fourth-order valence-electron chi connectivity index (χ4n) is 2.58. The molecule has 0 aliphatic heterocycles. The first kappa shape index (κ1) is 13.6. The highest BCUT2D eigenvalue weighted by Crippen LogP contribution is 2.18. The summed E-state index contributed by atoms with van der Waals surface area (Å²) in [5.41, 5.74) is 3.50. The van der Waals surface area contributed by atoms with Crippen molar-refractivity contribution < 1.29 is 0 Å². The molecule has 1 heterocycles. The second kappa shape index (κ2) is 6.40. The van der Waals surface area contributed by atoms with Crippen molar-refractivity contribution in [1.29, 1.82) is 0 Å². The van der Waals surface area contributed by atoms with E-state index in [0.717, 1.165) is 24.0 Å². The predicted molar refractivity (Wildman–Crippen MR) is 89.6 cm³/mol. The van der Waals surface area contributed by atoms with Gasteiger partial charge in [0.05, 0.1) is 17.4 Å². The van der Waals surface area contributed by atoms with Gasteiger partial charge < -0.3 is 5.32 Å². The second-order valence-electron chi connectivity index (χ2n) is 5.36. The zero-order valence-corrected chi connectivity index (χ0v) is 12.3. The van der Waals surface area contributed by atoms with E-state index in [4.69, 9.17) is 0 Å². The van der Waals surface area contributed by atoms with Gasteiger partial charge in [-0.1, -0.05) is 55.5 Å². The number of nitrogens with one attached hydrogen (secondary N) is 1. The van der Waals surface area contributed by atoms with E-state index in [1.165, 1.54) is 10.9 Å². The van der Waals surface area contributed by atoms with E-state index in [1.54, 1.807) is 0 Å². The molecule has 0 bridgehead atoms. The van der Waals surface area contributed by atoms with Crippen LogP contribution in [0.3, 0.4) is 0 Å². The Labute approximate surface area is 125 Å². The maximum Gasteiger partial charge on any atom is 0.0703 e. The van der Waals surface area contributed by atoms with Gasteiger partial charge in [0, 0.05) is 11.4 Å². The molecule has 0 amide bonds. The summed E-state index contributed by atoms with van der Waals surface area (Å²) in [6, 6.07) is 21.4. The molecule has 21 heavy (non-hydrogen) atoms. The largest absolute Gasteiger partial charge is 0.381 e. The summed E-state index contributed by atoms with van der Waals surface area (Å²) >= 11 is 0. The second-order valence-corrected chi connectivity index (χ2v) is 5.36. The fraction of sp³-hybridized carbons (Fsp3) is 0.211. The van der Waals surface area contributed by atoms with Gasteiger partial charge in [-0.05, 0) is 30.5 Å². The standard InChI is InChI=1S/C19H20N2/c1-2-17(12-15-8-4-3-5-9-15)21-18-13-16-10-6-7-11-19(16)20-14-18/h3-11,13-14,17,21H,2,12H2,1H3. The number of rotatable bonds is 5. The van der Waals surface area contributed by atoms with Crippen LogP contribution in [0, 0.1) is 0 Å². The predicted octanol–water partition coefficient (Wildman–Crippen LogP) is 4.67. The van der Waals surface area contributed by atoms with Crippen molar-refractivity contribution in [3.63, 3.8) is 0 Å². The zero-order chi connectivity index (χ0) is 14.5. The molecule has 2 nitrogen and oxygen atoms in total. The van der Waals surface area contributed by atoms with Gasteiger partial charge in [0.25, 0.3) is 0 Å². The van der Waals surface area contributed by atoms with Gasteiger partial charge in [0.2, 0.25) is 0 Å². The quantitative estimate of drug-likeness (QED) is 0.732. The maximum atomic E-state index is 4.51. The van der Waals surface area contributed by atoms with E-state index in [9.17, 15) is 0 Å². The Bertz CT molecular complexity index is 707. The van der Waals surface area contributed by atoms with E-state index in [2.05, 4.69) is 65.8 Å². The van der Waals surface area contributed by atoms with E-state index in [1.807, 2.05) is 18.3 Å². The third kappa shape index (κ3) is 3.40. The van der Waals surface area contributed by atoms with Crippen molar-refractivity contribution in [3.8, 4) is 0 Å². The Kier molecular flexibility index (Phi) is 4.15. The van der Waals surface area contributed by atoms with Crippen molar-refractivity contribution in [2.75, 3.05) is 5.32 Å². The number of pyridine rings is 1. The minimum absolute atomic E-state index is 0.426. The molecule has 3 aromatic rings. The van der Waals surface area contributed by atoms with Gasteiger partial charge in [-0.15, -0.1) is 0 Å². The Morgan fingerprint density at radius 1 is 1.00 bits per heavy atom. The Balaban J connectivity index is 1.76. The molecule has 0 spiro atoms. The Hall–Kier alpha value is -2.35. The summed E-state index contributed by atoms with van der Waals surface area (Å²) in [5.74, 6) is 0. The Morgan fingerprint density at radius 3 is 2.57 bits per heavy atom. The van der Waals surface area contributed by atoms with Crippen molar-refractivity contribution in [2.45, 2.75) is 25.8 Å². The average Bonchev–Trinajstić information content (AvgIpc) is 2.55. The summed E-state index contributed by atoms with van der Waals surface area (Å²) in [7, 11) is 0. The lowest BCUT2D eigenvalue weighted by Gasteiger charge is -2.18. The number of aromatic nitrogens is 1. The molecule has 2 aromatic carbocycles. The molecular formula is C19H20N2. The lowest BCUT2D eigenvalue weighted by Crippen LogP contribution is -2.21. The van der Waals surface area contributed by atoms with Crippen LogP contribution in [0.4, 0.5) is 5.69 Å². The van der Waals surface area contributed by atoms with Gasteiger partial charge >= 0.3 is 0 Å². The smallest absolute Gasteiger partial charge is 0.0703 e. The van der Waals surface area contributed by atoms with Crippen LogP contribution >= 0.6 is 0 Å². The molecule has 1 atom stereocenters. The number of fused-ring (bicyclic) bond motifs is 1. The van der Waals surface area contributed by atoms with E-state index in [0.29, 0.717) is 6.04 Å².